The van der Waals surface area contributed by atoms with Crippen LogP contribution >= 0.6 is 11.3 Å². The maximum absolute atomic E-state index is 10.4. The van der Waals surface area contributed by atoms with Crippen LogP contribution in [0.5, 0.6) is 0 Å². The average molecular weight is 273 g/mol. The van der Waals surface area contributed by atoms with Gasteiger partial charge in [-0.05, 0) is 26.0 Å². The molecule has 4 nitrogen and oxygen atoms in total. The monoisotopic (exact) mass is 273 g/mol. The quantitative estimate of drug-likeness (QED) is 0.798. The van der Waals surface area contributed by atoms with Gasteiger partial charge in [-0.15, -0.1) is 11.3 Å². The minimum Gasteiger partial charge on any atom is -0.388 e. The molecule has 0 aliphatic heterocycles. The molecule has 3 heterocycles. The standard InChI is InChI=1S/C14H15N3OS/c1-9-10(2)19-14(16-9)7-13(18)11-8-15-17-6-4-3-5-12(11)17/h3-6,8,13,18H,7H2,1-2H3. The van der Waals surface area contributed by atoms with E-state index in [1.807, 2.05) is 31.3 Å². The Balaban J connectivity index is 1.89. The number of aliphatic hydroxyl groups excluding tert-OH is 1. The fourth-order valence-corrected chi connectivity index (χ4v) is 3.08. The average Bonchev–Trinajstić information content (AvgIpc) is 2.94. The molecule has 0 saturated heterocycles. The molecule has 19 heavy (non-hydrogen) atoms. The van der Waals surface area contributed by atoms with Gasteiger partial charge in [0.15, 0.2) is 0 Å². The van der Waals surface area contributed by atoms with Gasteiger partial charge < -0.3 is 5.11 Å². The lowest BCUT2D eigenvalue weighted by Crippen LogP contribution is -2.01. The molecule has 0 saturated carbocycles. The molecule has 0 bridgehead atoms. The molecule has 5 heteroatoms. The van der Waals surface area contributed by atoms with Crippen LogP contribution in [0.15, 0.2) is 30.6 Å². The molecule has 1 N–H and O–H groups in total. The van der Waals surface area contributed by atoms with Crippen molar-refractivity contribution in [1.82, 2.24) is 14.6 Å². The topological polar surface area (TPSA) is 50.4 Å². The van der Waals surface area contributed by atoms with Gasteiger partial charge in [-0.2, -0.15) is 5.10 Å². The maximum Gasteiger partial charge on any atom is 0.0960 e. The lowest BCUT2D eigenvalue weighted by molar-refractivity contribution is 0.180. The van der Waals surface area contributed by atoms with Crippen LogP contribution in [-0.4, -0.2) is 19.7 Å². The van der Waals surface area contributed by atoms with Crippen molar-refractivity contribution in [3.63, 3.8) is 0 Å². The minimum atomic E-state index is -0.565. The van der Waals surface area contributed by atoms with Crippen molar-refractivity contribution in [2.75, 3.05) is 0 Å². The van der Waals surface area contributed by atoms with Gasteiger partial charge in [0.1, 0.15) is 0 Å². The summed E-state index contributed by atoms with van der Waals surface area (Å²) in [5.74, 6) is 0. The van der Waals surface area contributed by atoms with Crippen molar-refractivity contribution in [3.05, 3.63) is 51.7 Å². The fourth-order valence-electron chi connectivity index (χ4n) is 2.11. The summed E-state index contributed by atoms with van der Waals surface area (Å²) in [6, 6.07) is 5.83. The van der Waals surface area contributed by atoms with Crippen LogP contribution in [-0.2, 0) is 6.42 Å². The summed E-state index contributed by atoms with van der Waals surface area (Å²) >= 11 is 1.65. The Bertz CT molecular complexity index is 697. The Morgan fingerprint density at radius 3 is 2.95 bits per heavy atom. The molecule has 3 rings (SSSR count). The lowest BCUT2D eigenvalue weighted by atomic mass is 10.1. The first kappa shape index (κ1) is 12.3. The molecule has 1 atom stereocenters. The van der Waals surface area contributed by atoms with Crippen LogP contribution in [0.2, 0.25) is 0 Å². The summed E-state index contributed by atoms with van der Waals surface area (Å²) in [6.07, 6.45) is 3.58. The van der Waals surface area contributed by atoms with Crippen molar-refractivity contribution in [2.24, 2.45) is 0 Å². The number of aromatic nitrogens is 3. The molecular weight excluding hydrogens is 258 g/mol. The van der Waals surface area contributed by atoms with E-state index >= 15 is 0 Å². The number of nitrogens with zero attached hydrogens (tertiary/aromatic N) is 3. The van der Waals surface area contributed by atoms with Crippen LogP contribution in [0.4, 0.5) is 0 Å². The number of fused-ring (bicyclic) bond motifs is 1. The number of hydrogen-bond acceptors (Lipinski definition) is 4. The highest BCUT2D eigenvalue weighted by Crippen LogP contribution is 2.25. The van der Waals surface area contributed by atoms with Gasteiger partial charge in [-0.1, -0.05) is 6.07 Å². The first-order valence-corrected chi connectivity index (χ1v) is 7.00. The number of pyridine rings is 1. The molecule has 98 valence electrons. The number of aryl methyl sites for hydroxylation is 2. The van der Waals surface area contributed by atoms with Crippen LogP contribution in [0.1, 0.15) is 27.2 Å². The smallest absolute Gasteiger partial charge is 0.0960 e. The molecule has 3 aromatic heterocycles. The van der Waals surface area contributed by atoms with Gasteiger partial charge in [0.25, 0.3) is 0 Å². The molecule has 3 aromatic rings. The second kappa shape index (κ2) is 4.75. The zero-order chi connectivity index (χ0) is 13.4. The summed E-state index contributed by atoms with van der Waals surface area (Å²) in [5, 5.41) is 15.6. The van der Waals surface area contributed by atoms with Crippen LogP contribution in [0.3, 0.4) is 0 Å². The second-order valence-corrected chi connectivity index (χ2v) is 5.89. The number of aliphatic hydroxyl groups is 1. The normalized spacial score (nSPS) is 13.0. The third-order valence-electron chi connectivity index (χ3n) is 3.26. The number of rotatable bonds is 3. The second-order valence-electron chi connectivity index (χ2n) is 4.60. The van der Waals surface area contributed by atoms with E-state index in [4.69, 9.17) is 0 Å². The third kappa shape index (κ3) is 2.27. The molecule has 0 aliphatic rings. The van der Waals surface area contributed by atoms with E-state index in [0.29, 0.717) is 6.42 Å². The molecule has 0 aliphatic carbocycles. The Kier molecular flexibility index (Phi) is 3.08. The Morgan fingerprint density at radius 2 is 2.21 bits per heavy atom. The number of hydrogen-bond donors (Lipinski definition) is 1. The zero-order valence-electron chi connectivity index (χ0n) is 10.9. The highest BCUT2D eigenvalue weighted by Gasteiger charge is 2.16. The van der Waals surface area contributed by atoms with E-state index in [2.05, 4.69) is 17.0 Å². The van der Waals surface area contributed by atoms with Crippen LogP contribution in [0, 0.1) is 13.8 Å². The molecule has 0 spiro atoms. The fraction of sp³-hybridized carbons (Fsp3) is 0.286. The largest absolute Gasteiger partial charge is 0.388 e. The summed E-state index contributed by atoms with van der Waals surface area (Å²) in [6.45, 7) is 4.05. The van der Waals surface area contributed by atoms with E-state index < -0.39 is 6.10 Å². The number of thiazole rings is 1. The van der Waals surface area contributed by atoms with Crippen LogP contribution in [0.25, 0.3) is 5.52 Å². The van der Waals surface area contributed by atoms with Gasteiger partial charge in [0.05, 0.1) is 28.5 Å². The lowest BCUT2D eigenvalue weighted by Gasteiger charge is -2.06. The van der Waals surface area contributed by atoms with Crippen molar-refractivity contribution < 1.29 is 5.11 Å². The van der Waals surface area contributed by atoms with E-state index in [0.717, 1.165) is 21.8 Å². The predicted octanol–water partition coefficient (Wildman–Crippen LogP) is 2.68. The summed E-state index contributed by atoms with van der Waals surface area (Å²) in [5.41, 5.74) is 2.85. The predicted molar refractivity (Wildman–Crippen MR) is 75.4 cm³/mol. The molecule has 0 fully saturated rings. The molecule has 0 amide bonds. The van der Waals surface area contributed by atoms with E-state index in [-0.39, 0.29) is 0 Å². The van der Waals surface area contributed by atoms with Crippen molar-refractivity contribution in [2.45, 2.75) is 26.4 Å². The van der Waals surface area contributed by atoms with Gasteiger partial charge in [-0.25, -0.2) is 9.50 Å². The SMILES string of the molecule is Cc1nc(CC(O)c2cnn3ccccc23)sc1C. The summed E-state index contributed by atoms with van der Waals surface area (Å²) in [7, 11) is 0. The highest BCUT2D eigenvalue weighted by molar-refractivity contribution is 7.11. The molecule has 1 unspecified atom stereocenters. The Hall–Kier alpha value is -1.72. The molecule has 0 radical (unpaired) electrons. The van der Waals surface area contributed by atoms with Gasteiger partial charge in [0, 0.05) is 23.1 Å². The minimum absolute atomic E-state index is 0.537. The van der Waals surface area contributed by atoms with Gasteiger partial charge >= 0.3 is 0 Å². The Morgan fingerprint density at radius 1 is 1.37 bits per heavy atom. The van der Waals surface area contributed by atoms with Crippen LogP contribution < -0.4 is 0 Å². The summed E-state index contributed by atoms with van der Waals surface area (Å²) < 4.78 is 1.77. The molecule has 0 aromatic carbocycles. The van der Waals surface area contributed by atoms with Crippen molar-refractivity contribution in [3.8, 4) is 0 Å². The van der Waals surface area contributed by atoms with E-state index in [1.165, 1.54) is 4.88 Å². The highest BCUT2D eigenvalue weighted by atomic mass is 32.1. The van der Waals surface area contributed by atoms with Gasteiger partial charge in [0.2, 0.25) is 0 Å². The van der Waals surface area contributed by atoms with Crippen molar-refractivity contribution in [1.29, 1.82) is 0 Å². The third-order valence-corrected chi connectivity index (χ3v) is 4.35. The summed E-state index contributed by atoms with van der Waals surface area (Å²) in [4.78, 5) is 5.68. The first-order valence-electron chi connectivity index (χ1n) is 6.18. The maximum atomic E-state index is 10.4. The van der Waals surface area contributed by atoms with Gasteiger partial charge in [-0.3, -0.25) is 0 Å². The first-order chi connectivity index (χ1) is 9.15. The Labute approximate surface area is 115 Å². The molecular formula is C14H15N3OS. The van der Waals surface area contributed by atoms with E-state index in [1.54, 1.807) is 22.0 Å². The van der Waals surface area contributed by atoms with E-state index in [9.17, 15) is 5.11 Å². The van der Waals surface area contributed by atoms with Crippen molar-refractivity contribution >= 4 is 16.9 Å². The zero-order valence-corrected chi connectivity index (χ0v) is 11.7.